The largest absolute Gasteiger partial charge is 0.369 e. The third-order valence-electron chi connectivity index (χ3n) is 1.23. The lowest BCUT2D eigenvalue weighted by Crippen LogP contribution is -2.15. The second kappa shape index (κ2) is 3.79. The lowest BCUT2D eigenvalue weighted by molar-refractivity contribution is -0.117. The number of primary amides is 1. The van der Waals surface area contributed by atoms with E-state index in [4.69, 9.17) is 5.73 Å². The van der Waals surface area contributed by atoms with Gasteiger partial charge < -0.3 is 5.73 Å². The number of halogens is 2. The van der Waals surface area contributed by atoms with E-state index in [9.17, 15) is 9.18 Å². The monoisotopic (exact) mass is 280 g/mol. The van der Waals surface area contributed by atoms with Gasteiger partial charge in [0.05, 0.1) is 12.1 Å². The van der Waals surface area contributed by atoms with Gasteiger partial charge in [-0.15, -0.1) is 0 Å². The average molecular weight is 280 g/mol. The summed E-state index contributed by atoms with van der Waals surface area (Å²) in [6, 6.07) is 1.31. The first-order valence-electron chi connectivity index (χ1n) is 3.18. The molecule has 0 aliphatic carbocycles. The Labute approximate surface area is 82.3 Å². The van der Waals surface area contributed by atoms with Crippen LogP contribution in [-0.4, -0.2) is 10.9 Å². The second-order valence-electron chi connectivity index (χ2n) is 2.23. The first-order chi connectivity index (χ1) is 5.59. The summed E-state index contributed by atoms with van der Waals surface area (Å²) in [6.07, 6.45) is 1.34. The maximum absolute atomic E-state index is 12.9. The van der Waals surface area contributed by atoms with Crippen molar-refractivity contribution in [3.8, 4) is 0 Å². The normalized spacial score (nSPS) is 9.83. The van der Waals surface area contributed by atoms with Crippen LogP contribution in [0, 0.1) is 9.39 Å². The molecular formula is C7H6FIN2O. The number of hydrogen-bond acceptors (Lipinski definition) is 2. The Kier molecular flexibility index (Phi) is 2.96. The first kappa shape index (κ1) is 9.37. The lowest BCUT2D eigenvalue weighted by atomic mass is 10.2. The van der Waals surface area contributed by atoms with Crippen molar-refractivity contribution in [2.24, 2.45) is 5.73 Å². The fourth-order valence-electron chi connectivity index (χ4n) is 0.738. The third-order valence-corrected chi connectivity index (χ3v) is 1.82. The third kappa shape index (κ3) is 2.40. The van der Waals surface area contributed by atoms with Crippen molar-refractivity contribution < 1.29 is 9.18 Å². The molecule has 0 fully saturated rings. The summed E-state index contributed by atoms with van der Waals surface area (Å²) >= 11 is 1.94. The number of pyridine rings is 1. The maximum atomic E-state index is 12.9. The summed E-state index contributed by atoms with van der Waals surface area (Å²) in [4.78, 5) is 14.2. The zero-order chi connectivity index (χ0) is 9.14. The Hall–Kier alpha value is -0.720. The Bertz CT molecular complexity index is 316. The van der Waals surface area contributed by atoms with Crippen molar-refractivity contribution >= 4 is 28.5 Å². The van der Waals surface area contributed by atoms with Crippen LogP contribution in [-0.2, 0) is 11.2 Å². The topological polar surface area (TPSA) is 56.0 Å². The Morgan fingerprint density at radius 2 is 2.42 bits per heavy atom. The van der Waals surface area contributed by atoms with Gasteiger partial charge in [0, 0.05) is 9.77 Å². The Morgan fingerprint density at radius 3 is 2.92 bits per heavy atom. The molecule has 0 aliphatic rings. The molecule has 0 saturated heterocycles. The van der Waals surface area contributed by atoms with Crippen molar-refractivity contribution in [1.82, 2.24) is 4.98 Å². The van der Waals surface area contributed by atoms with Gasteiger partial charge in [0.2, 0.25) is 5.91 Å². The molecule has 1 aromatic rings. The summed E-state index contributed by atoms with van der Waals surface area (Å²) < 4.78 is 13.6. The maximum Gasteiger partial charge on any atom is 0.223 e. The van der Waals surface area contributed by atoms with E-state index >= 15 is 0 Å². The average Bonchev–Trinajstić information content (AvgIpc) is 1.94. The first-order valence-corrected chi connectivity index (χ1v) is 4.25. The van der Waals surface area contributed by atoms with Crippen LogP contribution in [0.5, 0.6) is 0 Å². The summed E-state index contributed by atoms with van der Waals surface area (Å²) in [5.74, 6) is -1.07. The number of carbonyl (C=O) groups excluding carboxylic acids is 1. The second-order valence-corrected chi connectivity index (χ2v) is 3.47. The van der Waals surface area contributed by atoms with Crippen LogP contribution >= 0.6 is 22.6 Å². The Balaban J connectivity index is 2.93. The van der Waals surface area contributed by atoms with Gasteiger partial charge >= 0.3 is 0 Å². The molecule has 5 heteroatoms. The van der Waals surface area contributed by atoms with Crippen molar-refractivity contribution in [3.05, 3.63) is 27.3 Å². The molecule has 0 aliphatic heterocycles. The van der Waals surface area contributed by atoms with Gasteiger partial charge in [-0.2, -0.15) is 0 Å². The highest BCUT2D eigenvalue weighted by Crippen LogP contribution is 2.09. The van der Waals surface area contributed by atoms with E-state index in [1.165, 1.54) is 12.3 Å². The molecular weight excluding hydrogens is 274 g/mol. The zero-order valence-corrected chi connectivity index (χ0v) is 8.21. The highest BCUT2D eigenvalue weighted by Gasteiger charge is 2.06. The molecule has 2 N–H and O–H groups in total. The molecule has 0 atom stereocenters. The molecule has 0 bridgehead atoms. The smallest absolute Gasteiger partial charge is 0.223 e. The van der Waals surface area contributed by atoms with Crippen LogP contribution in [0.1, 0.15) is 5.69 Å². The van der Waals surface area contributed by atoms with E-state index in [1.807, 2.05) is 22.6 Å². The van der Waals surface area contributed by atoms with Crippen LogP contribution in [0.15, 0.2) is 12.3 Å². The number of carbonyl (C=O) groups is 1. The molecule has 3 nitrogen and oxygen atoms in total. The molecule has 0 saturated carbocycles. The molecule has 12 heavy (non-hydrogen) atoms. The van der Waals surface area contributed by atoms with Crippen LogP contribution < -0.4 is 5.73 Å². The number of hydrogen-bond donors (Lipinski definition) is 1. The standard InChI is InChI=1S/C7H6FIN2O/c8-5-1-4(9)3-11-6(5)2-7(10)12/h1,3H,2H2,(H2,10,12). The van der Waals surface area contributed by atoms with Gasteiger partial charge in [-0.25, -0.2) is 4.39 Å². The molecule has 1 rings (SSSR count). The van der Waals surface area contributed by atoms with Crippen molar-refractivity contribution in [2.45, 2.75) is 6.42 Å². The van der Waals surface area contributed by atoms with Gasteiger partial charge in [0.1, 0.15) is 5.82 Å². The summed E-state index contributed by atoms with van der Waals surface area (Å²) in [5.41, 5.74) is 4.98. The highest BCUT2D eigenvalue weighted by molar-refractivity contribution is 14.1. The van der Waals surface area contributed by atoms with Gasteiger partial charge in [-0.05, 0) is 28.7 Å². The summed E-state index contributed by atoms with van der Waals surface area (Å²) in [6.45, 7) is 0. The molecule has 1 heterocycles. The predicted octanol–water partition coefficient (Wildman–Crippen LogP) is 0.853. The van der Waals surface area contributed by atoms with E-state index < -0.39 is 11.7 Å². The minimum absolute atomic E-state index is 0.0999. The van der Waals surface area contributed by atoms with Crippen LogP contribution in [0.4, 0.5) is 4.39 Å². The summed E-state index contributed by atoms with van der Waals surface area (Å²) in [5, 5.41) is 0. The van der Waals surface area contributed by atoms with E-state index in [0.29, 0.717) is 3.57 Å². The number of rotatable bonds is 2. The van der Waals surface area contributed by atoms with Gasteiger partial charge in [-0.3, -0.25) is 9.78 Å². The van der Waals surface area contributed by atoms with E-state index in [-0.39, 0.29) is 12.1 Å². The summed E-state index contributed by atoms with van der Waals surface area (Å²) in [7, 11) is 0. The van der Waals surface area contributed by atoms with Crippen molar-refractivity contribution in [1.29, 1.82) is 0 Å². The number of nitrogens with zero attached hydrogens (tertiary/aromatic N) is 1. The lowest BCUT2D eigenvalue weighted by Gasteiger charge is -1.98. The molecule has 1 amide bonds. The number of aromatic nitrogens is 1. The zero-order valence-electron chi connectivity index (χ0n) is 6.05. The SMILES string of the molecule is NC(=O)Cc1ncc(I)cc1F. The van der Waals surface area contributed by atoms with Gasteiger partial charge in [-0.1, -0.05) is 0 Å². The minimum Gasteiger partial charge on any atom is -0.369 e. The Morgan fingerprint density at radius 1 is 1.75 bits per heavy atom. The van der Waals surface area contributed by atoms with Crippen molar-refractivity contribution in [3.63, 3.8) is 0 Å². The van der Waals surface area contributed by atoms with Crippen molar-refractivity contribution in [2.75, 3.05) is 0 Å². The minimum atomic E-state index is -0.581. The van der Waals surface area contributed by atoms with E-state index in [2.05, 4.69) is 4.98 Å². The highest BCUT2D eigenvalue weighted by atomic mass is 127. The van der Waals surface area contributed by atoms with E-state index in [0.717, 1.165) is 0 Å². The molecule has 0 unspecified atom stereocenters. The molecule has 1 aromatic heterocycles. The number of amides is 1. The van der Waals surface area contributed by atoms with Gasteiger partial charge in [0.15, 0.2) is 0 Å². The van der Waals surface area contributed by atoms with Crippen LogP contribution in [0.25, 0.3) is 0 Å². The van der Waals surface area contributed by atoms with Gasteiger partial charge in [0.25, 0.3) is 0 Å². The number of nitrogens with two attached hydrogens (primary N) is 1. The van der Waals surface area contributed by atoms with Crippen LogP contribution in [0.2, 0.25) is 0 Å². The predicted molar refractivity (Wildman–Crippen MR) is 49.8 cm³/mol. The van der Waals surface area contributed by atoms with Crippen LogP contribution in [0.3, 0.4) is 0 Å². The fourth-order valence-corrected chi connectivity index (χ4v) is 1.15. The van der Waals surface area contributed by atoms with E-state index in [1.54, 1.807) is 0 Å². The quantitative estimate of drug-likeness (QED) is 0.817. The molecule has 0 radical (unpaired) electrons. The molecule has 64 valence electrons. The fraction of sp³-hybridized carbons (Fsp3) is 0.143. The molecule has 0 spiro atoms. The molecule has 0 aromatic carbocycles.